The minimum atomic E-state index is -0.698. The lowest BCUT2D eigenvalue weighted by molar-refractivity contribution is 0.215. The van der Waals surface area contributed by atoms with E-state index in [2.05, 4.69) is 4.98 Å². The zero-order chi connectivity index (χ0) is 13.3. The molecule has 0 aliphatic heterocycles. The zero-order valence-corrected chi connectivity index (χ0v) is 11.1. The summed E-state index contributed by atoms with van der Waals surface area (Å²) in [4.78, 5) is 4.19. The minimum Gasteiger partial charge on any atom is -0.496 e. The number of methoxy groups -OCH3 is 1. The van der Waals surface area contributed by atoms with Gasteiger partial charge < -0.3 is 14.4 Å². The first-order valence-electron chi connectivity index (χ1n) is 5.84. The zero-order valence-electron chi connectivity index (χ0n) is 11.1. The summed E-state index contributed by atoms with van der Waals surface area (Å²) in [5.41, 5.74) is 3.53. The molecule has 18 heavy (non-hydrogen) atoms. The molecular formula is C14H18N2O2. The Balaban J connectivity index is 2.42. The molecule has 0 radical (unpaired) electrons. The van der Waals surface area contributed by atoms with Gasteiger partial charge in [-0.05, 0) is 42.7 Å². The summed E-state index contributed by atoms with van der Waals surface area (Å²) in [5.74, 6) is 0.837. The summed E-state index contributed by atoms with van der Waals surface area (Å²) in [7, 11) is 3.53. The van der Waals surface area contributed by atoms with Gasteiger partial charge in [0.15, 0.2) is 0 Å². The van der Waals surface area contributed by atoms with Crippen molar-refractivity contribution in [3.05, 3.63) is 47.0 Å². The van der Waals surface area contributed by atoms with E-state index in [4.69, 9.17) is 4.74 Å². The summed E-state index contributed by atoms with van der Waals surface area (Å²) >= 11 is 0. The number of rotatable bonds is 3. The fraction of sp³-hybridized carbons (Fsp3) is 0.357. The van der Waals surface area contributed by atoms with Gasteiger partial charge in [-0.25, -0.2) is 4.98 Å². The number of hydrogen-bond donors (Lipinski definition) is 1. The van der Waals surface area contributed by atoms with Crippen LogP contribution < -0.4 is 4.74 Å². The summed E-state index contributed by atoms with van der Waals surface area (Å²) in [6, 6.07) is 3.89. The van der Waals surface area contributed by atoms with Gasteiger partial charge in [0, 0.05) is 13.2 Å². The summed E-state index contributed by atoms with van der Waals surface area (Å²) in [5, 5.41) is 10.4. The van der Waals surface area contributed by atoms with Crippen molar-refractivity contribution < 1.29 is 9.84 Å². The van der Waals surface area contributed by atoms with Crippen LogP contribution in [0.5, 0.6) is 5.75 Å². The summed E-state index contributed by atoms with van der Waals surface area (Å²) in [6.45, 7) is 3.93. The number of aliphatic hydroxyl groups is 1. The highest BCUT2D eigenvalue weighted by atomic mass is 16.5. The predicted octanol–water partition coefficient (Wildman–Crippen LogP) is 2.13. The van der Waals surface area contributed by atoms with Crippen molar-refractivity contribution in [1.29, 1.82) is 0 Å². The SMILES string of the molecule is COc1cc(C)c(C(O)c2cn(C)cn2)cc1C. The van der Waals surface area contributed by atoms with Crippen molar-refractivity contribution in [3.8, 4) is 5.75 Å². The Morgan fingerprint density at radius 2 is 2.00 bits per heavy atom. The van der Waals surface area contributed by atoms with Crippen LogP contribution >= 0.6 is 0 Å². The van der Waals surface area contributed by atoms with Crippen molar-refractivity contribution in [3.63, 3.8) is 0 Å². The van der Waals surface area contributed by atoms with E-state index >= 15 is 0 Å². The number of aryl methyl sites for hydroxylation is 3. The van der Waals surface area contributed by atoms with Crippen LogP contribution in [-0.4, -0.2) is 21.8 Å². The van der Waals surface area contributed by atoms with E-state index in [-0.39, 0.29) is 0 Å². The van der Waals surface area contributed by atoms with Crippen LogP contribution in [0.4, 0.5) is 0 Å². The number of nitrogens with zero attached hydrogens (tertiary/aromatic N) is 2. The van der Waals surface area contributed by atoms with Gasteiger partial charge in [0.25, 0.3) is 0 Å². The Labute approximate surface area is 107 Å². The second kappa shape index (κ2) is 4.82. The molecule has 0 aliphatic carbocycles. The van der Waals surface area contributed by atoms with Crippen LogP contribution in [-0.2, 0) is 7.05 Å². The van der Waals surface area contributed by atoms with Gasteiger partial charge in [-0.15, -0.1) is 0 Å². The highest BCUT2D eigenvalue weighted by Gasteiger charge is 2.17. The van der Waals surface area contributed by atoms with Gasteiger partial charge in [-0.1, -0.05) is 0 Å². The van der Waals surface area contributed by atoms with E-state index in [1.807, 2.05) is 43.8 Å². The molecule has 1 aromatic heterocycles. The third-order valence-electron chi connectivity index (χ3n) is 3.08. The largest absolute Gasteiger partial charge is 0.496 e. The Kier molecular flexibility index (Phi) is 3.39. The maximum Gasteiger partial charge on any atom is 0.123 e. The van der Waals surface area contributed by atoms with Gasteiger partial charge in [0.1, 0.15) is 11.9 Å². The molecular weight excluding hydrogens is 228 g/mol. The first-order chi connectivity index (χ1) is 8.52. The Morgan fingerprint density at radius 1 is 1.28 bits per heavy atom. The fourth-order valence-corrected chi connectivity index (χ4v) is 2.06. The Hall–Kier alpha value is -1.81. The number of aromatic nitrogens is 2. The molecule has 0 saturated heterocycles. The van der Waals surface area contributed by atoms with E-state index in [1.165, 1.54) is 0 Å². The van der Waals surface area contributed by atoms with E-state index in [0.29, 0.717) is 5.69 Å². The monoisotopic (exact) mass is 246 g/mol. The molecule has 0 saturated carbocycles. The van der Waals surface area contributed by atoms with E-state index in [1.54, 1.807) is 13.4 Å². The molecule has 0 fully saturated rings. The lowest BCUT2D eigenvalue weighted by Crippen LogP contribution is -2.04. The van der Waals surface area contributed by atoms with Crippen LogP contribution in [0.15, 0.2) is 24.7 Å². The number of imidazole rings is 1. The molecule has 0 aliphatic rings. The maximum absolute atomic E-state index is 10.4. The molecule has 96 valence electrons. The maximum atomic E-state index is 10.4. The van der Waals surface area contributed by atoms with Crippen molar-refractivity contribution >= 4 is 0 Å². The van der Waals surface area contributed by atoms with Gasteiger partial charge in [-0.3, -0.25) is 0 Å². The molecule has 2 aromatic rings. The van der Waals surface area contributed by atoms with Crippen LogP contribution in [0.1, 0.15) is 28.5 Å². The molecule has 2 rings (SSSR count). The van der Waals surface area contributed by atoms with Gasteiger partial charge >= 0.3 is 0 Å². The molecule has 1 heterocycles. The Morgan fingerprint density at radius 3 is 2.56 bits per heavy atom. The van der Waals surface area contributed by atoms with E-state index in [0.717, 1.165) is 22.4 Å². The molecule has 1 unspecified atom stereocenters. The third kappa shape index (κ3) is 2.24. The number of ether oxygens (including phenoxy) is 1. The standard InChI is InChI=1S/C14H18N2O2/c1-9-6-13(18-4)10(2)5-11(9)14(17)12-7-16(3)8-15-12/h5-8,14,17H,1-4H3. The summed E-state index contributed by atoms with van der Waals surface area (Å²) in [6.07, 6.45) is 2.81. The molecule has 0 amide bonds. The number of benzene rings is 1. The van der Waals surface area contributed by atoms with Crippen molar-refractivity contribution in [1.82, 2.24) is 9.55 Å². The fourth-order valence-electron chi connectivity index (χ4n) is 2.06. The van der Waals surface area contributed by atoms with E-state index in [9.17, 15) is 5.11 Å². The van der Waals surface area contributed by atoms with Crippen LogP contribution in [0.2, 0.25) is 0 Å². The highest BCUT2D eigenvalue weighted by Crippen LogP contribution is 2.29. The molecule has 1 N–H and O–H groups in total. The first kappa shape index (κ1) is 12.6. The molecule has 0 bridgehead atoms. The lowest BCUT2D eigenvalue weighted by atomic mass is 9.98. The smallest absolute Gasteiger partial charge is 0.123 e. The second-order valence-electron chi connectivity index (χ2n) is 4.54. The Bertz CT molecular complexity index is 561. The molecule has 1 atom stereocenters. The summed E-state index contributed by atoms with van der Waals surface area (Å²) < 4.78 is 7.09. The molecule has 4 nitrogen and oxygen atoms in total. The van der Waals surface area contributed by atoms with Crippen molar-refractivity contribution in [2.24, 2.45) is 7.05 Å². The lowest BCUT2D eigenvalue weighted by Gasteiger charge is -2.15. The topological polar surface area (TPSA) is 47.3 Å². The quantitative estimate of drug-likeness (QED) is 0.902. The van der Waals surface area contributed by atoms with Gasteiger partial charge in [0.05, 0.1) is 19.1 Å². The minimum absolute atomic E-state index is 0.658. The van der Waals surface area contributed by atoms with Crippen molar-refractivity contribution in [2.75, 3.05) is 7.11 Å². The van der Waals surface area contributed by atoms with Crippen molar-refractivity contribution in [2.45, 2.75) is 20.0 Å². The second-order valence-corrected chi connectivity index (χ2v) is 4.54. The molecule has 4 heteroatoms. The number of aliphatic hydroxyl groups excluding tert-OH is 1. The molecule has 1 aromatic carbocycles. The van der Waals surface area contributed by atoms with E-state index < -0.39 is 6.10 Å². The van der Waals surface area contributed by atoms with Gasteiger partial charge in [-0.2, -0.15) is 0 Å². The first-order valence-corrected chi connectivity index (χ1v) is 5.84. The number of hydrogen-bond acceptors (Lipinski definition) is 3. The van der Waals surface area contributed by atoms with Crippen LogP contribution in [0.25, 0.3) is 0 Å². The predicted molar refractivity (Wildman–Crippen MR) is 69.7 cm³/mol. The normalized spacial score (nSPS) is 12.5. The third-order valence-corrected chi connectivity index (χ3v) is 3.08. The average Bonchev–Trinajstić information content (AvgIpc) is 2.77. The average molecular weight is 246 g/mol. The van der Waals surface area contributed by atoms with Crippen LogP contribution in [0, 0.1) is 13.8 Å². The highest BCUT2D eigenvalue weighted by molar-refractivity contribution is 5.44. The molecule has 0 spiro atoms. The van der Waals surface area contributed by atoms with Gasteiger partial charge in [0.2, 0.25) is 0 Å². The van der Waals surface area contributed by atoms with Crippen LogP contribution in [0.3, 0.4) is 0 Å².